The number of hydrogen-bond donors (Lipinski definition) is 1. The summed E-state index contributed by atoms with van der Waals surface area (Å²) < 4.78 is 5.84. The van der Waals surface area contributed by atoms with Crippen LogP contribution in [-0.2, 0) is 4.74 Å². The van der Waals surface area contributed by atoms with Gasteiger partial charge in [0.25, 0.3) is 0 Å². The third kappa shape index (κ3) is 3.69. The number of ether oxygens (including phenoxy) is 1. The molecule has 1 saturated heterocycles. The van der Waals surface area contributed by atoms with Crippen molar-refractivity contribution in [1.29, 1.82) is 0 Å². The van der Waals surface area contributed by atoms with Crippen molar-refractivity contribution in [3.63, 3.8) is 0 Å². The zero-order valence-corrected chi connectivity index (χ0v) is 11.8. The fourth-order valence-electron chi connectivity index (χ4n) is 2.97. The van der Waals surface area contributed by atoms with Crippen LogP contribution in [0.5, 0.6) is 0 Å². The largest absolute Gasteiger partial charge is 0.378 e. The molecule has 0 aromatic heterocycles. The molecule has 2 rings (SSSR count). The lowest BCUT2D eigenvalue weighted by molar-refractivity contribution is 0.0564. The molecule has 1 N–H and O–H groups in total. The molecule has 1 heterocycles. The lowest BCUT2D eigenvalue weighted by atomic mass is 9.76. The first-order valence-electron chi connectivity index (χ1n) is 7.47. The summed E-state index contributed by atoms with van der Waals surface area (Å²) in [5, 5.41) is 3.73. The third-order valence-electron chi connectivity index (χ3n) is 4.61. The Labute approximate surface area is 107 Å². The van der Waals surface area contributed by atoms with Crippen LogP contribution < -0.4 is 5.32 Å². The molecule has 2 aliphatic rings. The van der Waals surface area contributed by atoms with Crippen molar-refractivity contribution < 1.29 is 4.74 Å². The maximum atomic E-state index is 5.84. The Bertz CT molecular complexity index is 237. The molecular formula is C15H29NO. The Morgan fingerprint density at radius 3 is 2.65 bits per heavy atom. The predicted octanol–water partition coefficient (Wildman–Crippen LogP) is 3.36. The molecule has 2 fully saturated rings. The second kappa shape index (κ2) is 5.71. The van der Waals surface area contributed by atoms with E-state index in [4.69, 9.17) is 4.74 Å². The van der Waals surface area contributed by atoms with Crippen molar-refractivity contribution in [3.05, 3.63) is 0 Å². The first kappa shape index (κ1) is 13.4. The van der Waals surface area contributed by atoms with Gasteiger partial charge in [-0.2, -0.15) is 0 Å². The molecule has 1 aliphatic carbocycles. The molecular weight excluding hydrogens is 210 g/mol. The summed E-state index contributed by atoms with van der Waals surface area (Å²) in [6, 6.07) is 0.824. The monoisotopic (exact) mass is 239 g/mol. The average Bonchev–Trinajstić information content (AvgIpc) is 3.03. The number of rotatable bonds is 7. The van der Waals surface area contributed by atoms with Gasteiger partial charge in [0.2, 0.25) is 0 Å². The third-order valence-corrected chi connectivity index (χ3v) is 4.61. The van der Waals surface area contributed by atoms with E-state index in [0.717, 1.165) is 18.6 Å². The molecule has 0 aromatic rings. The zero-order chi connectivity index (χ0) is 12.3. The zero-order valence-electron chi connectivity index (χ0n) is 11.8. The van der Waals surface area contributed by atoms with Crippen molar-refractivity contribution >= 4 is 0 Å². The van der Waals surface area contributed by atoms with Crippen LogP contribution in [0.1, 0.15) is 59.3 Å². The van der Waals surface area contributed by atoms with Gasteiger partial charge in [0.1, 0.15) is 0 Å². The van der Waals surface area contributed by atoms with Gasteiger partial charge in [-0.05, 0) is 38.5 Å². The molecule has 2 atom stereocenters. The van der Waals surface area contributed by atoms with Crippen LogP contribution in [0.15, 0.2) is 0 Å². The molecule has 100 valence electrons. The summed E-state index contributed by atoms with van der Waals surface area (Å²) in [6.45, 7) is 9.07. The summed E-state index contributed by atoms with van der Waals surface area (Å²) in [6.07, 6.45) is 8.53. The minimum Gasteiger partial charge on any atom is -0.378 e. The molecule has 0 aromatic carbocycles. The molecule has 17 heavy (non-hydrogen) atoms. The maximum Gasteiger partial charge on any atom is 0.0616 e. The molecule has 0 amide bonds. The highest BCUT2D eigenvalue weighted by atomic mass is 16.5. The average molecular weight is 239 g/mol. The summed E-state index contributed by atoms with van der Waals surface area (Å²) in [4.78, 5) is 0. The highest BCUT2D eigenvalue weighted by Gasteiger charge is 2.41. The maximum absolute atomic E-state index is 5.84. The molecule has 2 nitrogen and oxygen atoms in total. The second-order valence-electron chi connectivity index (χ2n) is 6.57. The van der Waals surface area contributed by atoms with Crippen LogP contribution >= 0.6 is 0 Å². The van der Waals surface area contributed by atoms with Crippen LogP contribution in [0.2, 0.25) is 0 Å². The van der Waals surface area contributed by atoms with Gasteiger partial charge in [0.05, 0.1) is 6.10 Å². The highest BCUT2D eigenvalue weighted by molar-refractivity contribution is 4.94. The minimum absolute atomic E-state index is 0.428. The van der Waals surface area contributed by atoms with Crippen LogP contribution in [0.3, 0.4) is 0 Å². The Morgan fingerprint density at radius 1 is 1.35 bits per heavy atom. The fourth-order valence-corrected chi connectivity index (χ4v) is 2.97. The van der Waals surface area contributed by atoms with Crippen molar-refractivity contribution in [2.24, 2.45) is 11.3 Å². The first-order valence-corrected chi connectivity index (χ1v) is 7.47. The van der Waals surface area contributed by atoms with E-state index in [2.05, 4.69) is 26.1 Å². The van der Waals surface area contributed by atoms with Crippen LogP contribution in [0, 0.1) is 11.3 Å². The first-order chi connectivity index (χ1) is 8.12. The van der Waals surface area contributed by atoms with Gasteiger partial charge in [-0.1, -0.05) is 26.7 Å². The van der Waals surface area contributed by atoms with E-state index in [-0.39, 0.29) is 0 Å². The molecule has 1 aliphatic heterocycles. The van der Waals surface area contributed by atoms with Gasteiger partial charge >= 0.3 is 0 Å². The van der Waals surface area contributed by atoms with Gasteiger partial charge in [-0.3, -0.25) is 0 Å². The predicted molar refractivity (Wildman–Crippen MR) is 72.2 cm³/mol. The van der Waals surface area contributed by atoms with E-state index in [0.29, 0.717) is 11.5 Å². The van der Waals surface area contributed by atoms with Crippen LogP contribution in [0.4, 0.5) is 0 Å². The van der Waals surface area contributed by atoms with Crippen molar-refractivity contribution in [2.75, 3.05) is 13.2 Å². The van der Waals surface area contributed by atoms with Gasteiger partial charge in [0, 0.05) is 24.6 Å². The number of nitrogens with one attached hydrogen (secondary N) is 1. The van der Waals surface area contributed by atoms with Crippen molar-refractivity contribution in [1.82, 2.24) is 5.32 Å². The quantitative estimate of drug-likeness (QED) is 0.735. The molecule has 0 spiro atoms. The highest BCUT2D eigenvalue weighted by Crippen LogP contribution is 2.40. The lowest BCUT2D eigenvalue weighted by Gasteiger charge is -2.33. The van der Waals surface area contributed by atoms with E-state index in [1.54, 1.807) is 0 Å². The molecule has 2 heteroatoms. The minimum atomic E-state index is 0.428. The SMILES string of the molecule is CC(C)CCCC1(CNC2CC2)CCOC1C. The Balaban J connectivity index is 1.82. The van der Waals surface area contributed by atoms with E-state index in [1.165, 1.54) is 45.1 Å². The summed E-state index contributed by atoms with van der Waals surface area (Å²) in [5.41, 5.74) is 0.428. The van der Waals surface area contributed by atoms with Gasteiger partial charge in [0.15, 0.2) is 0 Å². The van der Waals surface area contributed by atoms with Crippen molar-refractivity contribution in [2.45, 2.75) is 71.4 Å². The Hall–Kier alpha value is -0.0800. The Kier molecular flexibility index (Phi) is 4.48. The van der Waals surface area contributed by atoms with Gasteiger partial charge in [-0.15, -0.1) is 0 Å². The van der Waals surface area contributed by atoms with E-state index < -0.39 is 0 Å². The molecule has 0 bridgehead atoms. The van der Waals surface area contributed by atoms with Gasteiger partial charge in [-0.25, -0.2) is 0 Å². The second-order valence-corrected chi connectivity index (χ2v) is 6.57. The molecule has 0 radical (unpaired) electrons. The topological polar surface area (TPSA) is 21.3 Å². The molecule has 1 saturated carbocycles. The van der Waals surface area contributed by atoms with Crippen LogP contribution in [0.25, 0.3) is 0 Å². The van der Waals surface area contributed by atoms with E-state index >= 15 is 0 Å². The lowest BCUT2D eigenvalue weighted by Crippen LogP contribution is -2.40. The van der Waals surface area contributed by atoms with Crippen LogP contribution in [-0.4, -0.2) is 25.3 Å². The smallest absolute Gasteiger partial charge is 0.0616 e. The fraction of sp³-hybridized carbons (Fsp3) is 1.00. The van der Waals surface area contributed by atoms with E-state index in [9.17, 15) is 0 Å². The van der Waals surface area contributed by atoms with E-state index in [1.807, 2.05) is 0 Å². The normalized spacial score (nSPS) is 33.5. The Morgan fingerprint density at radius 2 is 2.12 bits per heavy atom. The number of hydrogen-bond acceptors (Lipinski definition) is 2. The molecule has 2 unspecified atom stereocenters. The summed E-state index contributed by atoms with van der Waals surface area (Å²) in [5.74, 6) is 0.834. The van der Waals surface area contributed by atoms with Gasteiger partial charge < -0.3 is 10.1 Å². The summed E-state index contributed by atoms with van der Waals surface area (Å²) in [7, 11) is 0. The summed E-state index contributed by atoms with van der Waals surface area (Å²) >= 11 is 0. The van der Waals surface area contributed by atoms with Crippen molar-refractivity contribution in [3.8, 4) is 0 Å². The standard InChI is InChI=1S/C15H29NO/c1-12(2)5-4-8-15(9-10-17-13(15)3)11-16-14-6-7-14/h12-14,16H,4-11H2,1-3H3.